The maximum Gasteiger partial charge on any atom is 0.260 e. The van der Waals surface area contributed by atoms with Crippen LogP contribution in [-0.4, -0.2) is 20.6 Å². The van der Waals surface area contributed by atoms with E-state index in [0.717, 1.165) is 24.4 Å². The van der Waals surface area contributed by atoms with Crippen LogP contribution in [0.4, 0.5) is 0 Å². The molecule has 7 heteroatoms. The van der Waals surface area contributed by atoms with Gasteiger partial charge in [0.05, 0.1) is 11.3 Å². The van der Waals surface area contributed by atoms with Crippen molar-refractivity contribution in [2.45, 2.75) is 58.4 Å². The van der Waals surface area contributed by atoms with Crippen LogP contribution in [0.1, 0.15) is 63.0 Å². The number of benzene rings is 1. The predicted molar refractivity (Wildman–Crippen MR) is 142 cm³/mol. The van der Waals surface area contributed by atoms with Gasteiger partial charge in [-0.25, -0.2) is 0 Å². The van der Waals surface area contributed by atoms with E-state index in [2.05, 4.69) is 47.4 Å². The highest BCUT2D eigenvalue weighted by atomic mass is 16.1. The molecule has 1 aromatic carbocycles. The molecule has 1 saturated carbocycles. The maximum absolute atomic E-state index is 13.1. The zero-order valence-corrected chi connectivity index (χ0v) is 20.3. The summed E-state index contributed by atoms with van der Waals surface area (Å²) >= 11 is 0. The number of hydrazone groups is 1. The van der Waals surface area contributed by atoms with Gasteiger partial charge in [-0.3, -0.25) is 9.48 Å². The van der Waals surface area contributed by atoms with Gasteiger partial charge in [-0.15, -0.1) is 0 Å². The first-order valence-electron chi connectivity index (χ1n) is 12.7. The Balaban J connectivity index is 1.46. The van der Waals surface area contributed by atoms with E-state index in [0.29, 0.717) is 22.9 Å². The van der Waals surface area contributed by atoms with E-state index in [4.69, 9.17) is 16.7 Å². The zero-order chi connectivity index (χ0) is 24.4. The molecule has 1 atom stereocenters. The lowest BCUT2D eigenvalue weighted by atomic mass is 9.84. The molecule has 2 aliphatic carbocycles. The normalized spacial score (nSPS) is 18.5. The van der Waals surface area contributed by atoms with Gasteiger partial charge in [-0.05, 0) is 72.8 Å². The Bertz CT molecular complexity index is 1310. The van der Waals surface area contributed by atoms with E-state index in [-0.39, 0.29) is 17.0 Å². The van der Waals surface area contributed by atoms with Crippen molar-refractivity contribution in [1.29, 1.82) is 0 Å². The molecule has 0 amide bonds. The monoisotopic (exact) mass is 470 g/mol. The first kappa shape index (κ1) is 23.1. The molecule has 0 bridgehead atoms. The summed E-state index contributed by atoms with van der Waals surface area (Å²) in [6.45, 7) is 3.15. The van der Waals surface area contributed by atoms with Crippen LogP contribution in [0.25, 0.3) is 28.1 Å². The maximum atomic E-state index is 13.1. The molecule has 1 unspecified atom stereocenters. The van der Waals surface area contributed by atoms with Crippen molar-refractivity contribution in [1.82, 2.24) is 14.8 Å². The van der Waals surface area contributed by atoms with Crippen LogP contribution in [0.5, 0.6) is 0 Å². The second kappa shape index (κ2) is 9.94. The number of rotatable bonds is 8. The molecule has 0 aliphatic heterocycles. The highest BCUT2D eigenvalue weighted by Crippen LogP contribution is 2.34. The van der Waals surface area contributed by atoms with E-state index in [9.17, 15) is 4.79 Å². The third-order valence-corrected chi connectivity index (χ3v) is 7.27. The van der Waals surface area contributed by atoms with E-state index in [1.54, 1.807) is 0 Å². The third-order valence-electron chi connectivity index (χ3n) is 7.27. The molecule has 0 saturated heterocycles. The van der Waals surface area contributed by atoms with Crippen molar-refractivity contribution in [2.24, 2.45) is 28.5 Å². The summed E-state index contributed by atoms with van der Waals surface area (Å²) in [5, 5.41) is 8.30. The van der Waals surface area contributed by atoms with Crippen molar-refractivity contribution >= 4 is 11.4 Å². The fraction of sp³-hybridized carbons (Fsp3) is 0.393. The number of hydrogen-bond acceptors (Lipinski definition) is 4. The number of allylic oxidation sites excluding steroid dienone is 2. The molecule has 1 fully saturated rings. The molecule has 2 aliphatic rings. The van der Waals surface area contributed by atoms with Crippen LogP contribution in [0, 0.1) is 11.8 Å². The Morgan fingerprint density at radius 3 is 2.57 bits per heavy atom. The lowest BCUT2D eigenvalue weighted by Gasteiger charge is -2.21. The van der Waals surface area contributed by atoms with Crippen molar-refractivity contribution in [3.05, 3.63) is 70.2 Å². The summed E-state index contributed by atoms with van der Waals surface area (Å²) in [6, 6.07) is 12.3. The van der Waals surface area contributed by atoms with Crippen molar-refractivity contribution in [2.75, 3.05) is 0 Å². The highest BCUT2D eigenvalue weighted by Gasteiger charge is 2.23. The quantitative estimate of drug-likeness (QED) is 0.188. The zero-order valence-electron chi connectivity index (χ0n) is 20.3. The average Bonchev–Trinajstić information content (AvgIpc) is 3.58. The second-order valence-electron chi connectivity index (χ2n) is 9.92. The molecule has 3 aromatic rings. The number of hydrogen-bond donors (Lipinski definition) is 3. The standard InChI is InChI=1S/C28H34N6O/c1-2-3-18-6-8-20(9-7-18)21-10-12-22(13-11-21)25-16-23(26(27(29)32-30)28(35)31-25)24-14-15-34(33-24)17-19-4-5-19/h8,10-16,18-19H,2-7,9,17,30H2,1H3,(H2,29,32)(H,31,35). The smallest absolute Gasteiger partial charge is 0.260 e. The van der Waals surface area contributed by atoms with Gasteiger partial charge in [0.25, 0.3) is 5.56 Å². The average molecular weight is 471 g/mol. The number of amidine groups is 1. The summed E-state index contributed by atoms with van der Waals surface area (Å²) in [6.07, 6.45) is 13.0. The summed E-state index contributed by atoms with van der Waals surface area (Å²) in [4.78, 5) is 16.0. The summed E-state index contributed by atoms with van der Waals surface area (Å²) < 4.78 is 1.94. The van der Waals surface area contributed by atoms with Gasteiger partial charge in [0, 0.05) is 24.0 Å². The van der Waals surface area contributed by atoms with Gasteiger partial charge in [0.1, 0.15) is 0 Å². The topological polar surface area (TPSA) is 115 Å². The van der Waals surface area contributed by atoms with Crippen molar-refractivity contribution < 1.29 is 0 Å². The van der Waals surface area contributed by atoms with Crippen molar-refractivity contribution in [3.8, 4) is 22.5 Å². The van der Waals surface area contributed by atoms with Gasteiger partial charge in [-0.1, -0.05) is 50.1 Å². The molecule has 5 N–H and O–H groups in total. The summed E-state index contributed by atoms with van der Waals surface area (Å²) in [5.74, 6) is 6.95. The molecule has 2 heterocycles. The number of nitrogens with two attached hydrogens (primary N) is 2. The molecule has 182 valence electrons. The van der Waals surface area contributed by atoms with E-state index in [1.165, 1.54) is 49.7 Å². The fourth-order valence-electron chi connectivity index (χ4n) is 5.09. The number of aromatic nitrogens is 3. The minimum atomic E-state index is -0.332. The predicted octanol–water partition coefficient (Wildman–Crippen LogP) is 4.88. The minimum absolute atomic E-state index is 0.00879. The Kier molecular flexibility index (Phi) is 6.57. The third kappa shape index (κ3) is 5.09. The van der Waals surface area contributed by atoms with E-state index >= 15 is 0 Å². The molecule has 7 nitrogen and oxygen atoms in total. The van der Waals surface area contributed by atoms with Crippen LogP contribution in [-0.2, 0) is 6.54 Å². The molecular weight excluding hydrogens is 436 g/mol. The fourth-order valence-corrected chi connectivity index (χ4v) is 5.09. The second-order valence-corrected chi connectivity index (χ2v) is 9.92. The first-order valence-corrected chi connectivity index (χ1v) is 12.7. The van der Waals surface area contributed by atoms with Crippen LogP contribution in [0.3, 0.4) is 0 Å². The Morgan fingerprint density at radius 1 is 1.14 bits per heavy atom. The molecule has 35 heavy (non-hydrogen) atoms. The number of aromatic amines is 1. The summed E-state index contributed by atoms with van der Waals surface area (Å²) in [7, 11) is 0. The minimum Gasteiger partial charge on any atom is -0.382 e. The van der Waals surface area contributed by atoms with Gasteiger partial charge >= 0.3 is 0 Å². The first-order chi connectivity index (χ1) is 17.1. The number of nitrogens with one attached hydrogen (secondary N) is 1. The largest absolute Gasteiger partial charge is 0.382 e. The Morgan fingerprint density at radius 2 is 1.91 bits per heavy atom. The number of nitrogens with zero attached hydrogens (tertiary/aromatic N) is 3. The summed E-state index contributed by atoms with van der Waals surface area (Å²) in [5.41, 5.74) is 11.6. The Hall–Kier alpha value is -3.61. The van der Waals surface area contributed by atoms with Gasteiger partial charge in [0.2, 0.25) is 0 Å². The van der Waals surface area contributed by atoms with Crippen LogP contribution in [0.2, 0.25) is 0 Å². The number of H-pyrrole nitrogens is 1. The van der Waals surface area contributed by atoms with Crippen LogP contribution in [0.15, 0.2) is 58.6 Å². The molecule has 0 radical (unpaired) electrons. The molecule has 0 spiro atoms. The lowest BCUT2D eigenvalue weighted by Crippen LogP contribution is -2.27. The number of pyridine rings is 1. The SMILES string of the molecule is CCCC1CC=C(c2ccc(-c3cc(-c4ccn(CC5CC5)n4)c(/C(N)=N/N)c(=O)[nH]3)cc2)CC1. The Labute approximate surface area is 205 Å². The van der Waals surface area contributed by atoms with Gasteiger partial charge in [0.15, 0.2) is 5.84 Å². The van der Waals surface area contributed by atoms with E-state index < -0.39 is 0 Å². The molecular formula is C28H34N6O. The van der Waals surface area contributed by atoms with E-state index in [1.807, 2.05) is 23.0 Å². The van der Waals surface area contributed by atoms with Crippen LogP contribution < -0.4 is 17.1 Å². The van der Waals surface area contributed by atoms with Crippen molar-refractivity contribution in [3.63, 3.8) is 0 Å². The lowest BCUT2D eigenvalue weighted by molar-refractivity contribution is 0.445. The van der Waals surface area contributed by atoms with Gasteiger partial charge in [-0.2, -0.15) is 10.2 Å². The van der Waals surface area contributed by atoms with Crippen LogP contribution >= 0.6 is 0 Å². The molecule has 5 rings (SSSR count). The molecule has 2 aromatic heterocycles. The highest BCUT2D eigenvalue weighted by molar-refractivity contribution is 6.03. The van der Waals surface area contributed by atoms with Gasteiger partial charge < -0.3 is 16.6 Å².